The van der Waals surface area contributed by atoms with E-state index in [2.05, 4.69) is 19.2 Å². The number of hydrogen-bond acceptors (Lipinski definition) is 3. The van der Waals surface area contributed by atoms with Gasteiger partial charge in [0.1, 0.15) is 0 Å². The molecule has 0 aromatic carbocycles. The van der Waals surface area contributed by atoms with Crippen LogP contribution in [-0.2, 0) is 9.53 Å². The molecule has 4 heteroatoms. The monoisotopic (exact) mass is 226 g/mol. The lowest BCUT2D eigenvalue weighted by Crippen LogP contribution is -2.48. The molecule has 4 nitrogen and oxygen atoms in total. The Hall–Kier alpha value is -0.610. The molecule has 0 radical (unpaired) electrons. The number of hydrogen-bond donors (Lipinski definition) is 1. The van der Waals surface area contributed by atoms with Crippen LogP contribution in [0.15, 0.2) is 0 Å². The Morgan fingerprint density at radius 3 is 3.06 bits per heavy atom. The average Bonchev–Trinajstić information content (AvgIpc) is 2.64. The molecule has 0 aromatic rings. The first-order chi connectivity index (χ1) is 7.57. The number of nitrogens with one attached hydrogen (secondary N) is 1. The van der Waals surface area contributed by atoms with Gasteiger partial charge in [-0.05, 0) is 26.7 Å². The van der Waals surface area contributed by atoms with E-state index in [9.17, 15) is 4.79 Å². The van der Waals surface area contributed by atoms with Crippen molar-refractivity contribution in [3.8, 4) is 0 Å². The first kappa shape index (κ1) is 11.9. The minimum Gasteiger partial charge on any atom is -0.376 e. The SMILES string of the molecule is CC1(C)CN(CC2CCCO2)C(=O)CCN1. The zero-order valence-electron chi connectivity index (χ0n) is 10.3. The normalized spacial score (nSPS) is 30.5. The second-order valence-corrected chi connectivity index (χ2v) is 5.47. The van der Waals surface area contributed by atoms with Gasteiger partial charge in [-0.25, -0.2) is 0 Å². The summed E-state index contributed by atoms with van der Waals surface area (Å²) in [4.78, 5) is 13.9. The molecule has 0 spiro atoms. The maximum Gasteiger partial charge on any atom is 0.224 e. The Morgan fingerprint density at radius 1 is 1.56 bits per heavy atom. The fraction of sp³-hybridized carbons (Fsp3) is 0.917. The van der Waals surface area contributed by atoms with Crippen molar-refractivity contribution >= 4 is 5.91 Å². The minimum atomic E-state index is 0.0186. The summed E-state index contributed by atoms with van der Waals surface area (Å²) in [6.45, 7) is 7.49. The molecule has 92 valence electrons. The smallest absolute Gasteiger partial charge is 0.224 e. The maximum absolute atomic E-state index is 11.9. The highest BCUT2D eigenvalue weighted by atomic mass is 16.5. The first-order valence-electron chi connectivity index (χ1n) is 6.21. The molecule has 2 aliphatic rings. The van der Waals surface area contributed by atoms with Crippen LogP contribution in [0.5, 0.6) is 0 Å². The second-order valence-electron chi connectivity index (χ2n) is 5.47. The molecule has 2 heterocycles. The number of nitrogens with zero attached hydrogens (tertiary/aromatic N) is 1. The van der Waals surface area contributed by atoms with Crippen LogP contribution in [-0.4, -0.2) is 48.7 Å². The van der Waals surface area contributed by atoms with E-state index in [0.717, 1.165) is 39.1 Å². The van der Waals surface area contributed by atoms with Gasteiger partial charge in [-0.15, -0.1) is 0 Å². The van der Waals surface area contributed by atoms with Gasteiger partial charge >= 0.3 is 0 Å². The molecule has 1 unspecified atom stereocenters. The first-order valence-corrected chi connectivity index (χ1v) is 6.21. The third-order valence-corrected chi connectivity index (χ3v) is 3.33. The van der Waals surface area contributed by atoms with Crippen LogP contribution in [0, 0.1) is 0 Å². The predicted octanol–water partition coefficient (Wildman–Crippen LogP) is 0.766. The lowest BCUT2D eigenvalue weighted by atomic mass is 10.1. The van der Waals surface area contributed by atoms with E-state index in [0.29, 0.717) is 6.42 Å². The van der Waals surface area contributed by atoms with Gasteiger partial charge < -0.3 is 15.0 Å². The third kappa shape index (κ3) is 2.95. The Balaban J connectivity index is 1.96. The van der Waals surface area contributed by atoms with Crippen LogP contribution in [0.2, 0.25) is 0 Å². The molecule has 2 fully saturated rings. The lowest BCUT2D eigenvalue weighted by molar-refractivity contribution is -0.132. The van der Waals surface area contributed by atoms with Crippen LogP contribution >= 0.6 is 0 Å². The molecular formula is C12H22N2O2. The van der Waals surface area contributed by atoms with E-state index in [1.165, 1.54) is 0 Å². The molecule has 1 N–H and O–H groups in total. The van der Waals surface area contributed by atoms with Gasteiger partial charge in [-0.2, -0.15) is 0 Å². The van der Waals surface area contributed by atoms with E-state index in [1.54, 1.807) is 0 Å². The number of amides is 1. The Bertz CT molecular complexity index is 260. The zero-order chi connectivity index (χ0) is 11.6. The maximum atomic E-state index is 11.9. The van der Waals surface area contributed by atoms with E-state index in [-0.39, 0.29) is 17.6 Å². The highest BCUT2D eigenvalue weighted by Gasteiger charge is 2.30. The van der Waals surface area contributed by atoms with Gasteiger partial charge in [0.25, 0.3) is 0 Å². The highest BCUT2D eigenvalue weighted by molar-refractivity contribution is 5.76. The van der Waals surface area contributed by atoms with Gasteiger partial charge in [-0.1, -0.05) is 0 Å². The summed E-state index contributed by atoms with van der Waals surface area (Å²) in [7, 11) is 0. The van der Waals surface area contributed by atoms with Crippen molar-refractivity contribution in [3.63, 3.8) is 0 Å². The summed E-state index contributed by atoms with van der Waals surface area (Å²) in [5, 5.41) is 3.40. The van der Waals surface area contributed by atoms with E-state index >= 15 is 0 Å². The average molecular weight is 226 g/mol. The summed E-state index contributed by atoms with van der Waals surface area (Å²) in [5.74, 6) is 0.258. The molecule has 0 aromatic heterocycles. The van der Waals surface area contributed by atoms with Crippen LogP contribution in [0.1, 0.15) is 33.1 Å². The number of ether oxygens (including phenoxy) is 1. The molecule has 0 bridgehead atoms. The number of rotatable bonds is 2. The fourth-order valence-corrected chi connectivity index (χ4v) is 2.49. The van der Waals surface area contributed by atoms with Crippen molar-refractivity contribution in [1.29, 1.82) is 0 Å². The van der Waals surface area contributed by atoms with Gasteiger partial charge in [0.05, 0.1) is 6.10 Å². The van der Waals surface area contributed by atoms with Crippen molar-refractivity contribution in [2.24, 2.45) is 0 Å². The van der Waals surface area contributed by atoms with Crippen LogP contribution in [0.4, 0.5) is 0 Å². The molecule has 0 saturated carbocycles. The highest BCUT2D eigenvalue weighted by Crippen LogP contribution is 2.17. The quantitative estimate of drug-likeness (QED) is 0.756. The third-order valence-electron chi connectivity index (χ3n) is 3.33. The molecular weight excluding hydrogens is 204 g/mol. The van der Waals surface area contributed by atoms with Crippen LogP contribution in [0.25, 0.3) is 0 Å². The standard InChI is InChI=1S/C12H22N2O2/c1-12(2)9-14(11(15)5-6-13-12)8-10-4-3-7-16-10/h10,13H,3-9H2,1-2H3. The molecule has 2 aliphatic heterocycles. The van der Waals surface area contributed by atoms with Gasteiger partial charge in [-0.3, -0.25) is 4.79 Å². The van der Waals surface area contributed by atoms with E-state index in [1.807, 2.05) is 4.90 Å². The molecule has 0 aliphatic carbocycles. The Morgan fingerprint density at radius 2 is 2.38 bits per heavy atom. The summed E-state index contributed by atoms with van der Waals surface area (Å²) < 4.78 is 5.60. The van der Waals surface area contributed by atoms with Crippen molar-refractivity contribution in [2.45, 2.75) is 44.8 Å². The second kappa shape index (κ2) is 4.72. The minimum absolute atomic E-state index is 0.0186. The number of carbonyl (C=O) groups is 1. The van der Waals surface area contributed by atoms with Gasteiger partial charge in [0, 0.05) is 38.2 Å². The predicted molar refractivity (Wildman–Crippen MR) is 62.3 cm³/mol. The van der Waals surface area contributed by atoms with Crippen LogP contribution < -0.4 is 5.32 Å². The summed E-state index contributed by atoms with van der Waals surface area (Å²) in [5.41, 5.74) is 0.0186. The van der Waals surface area contributed by atoms with E-state index < -0.39 is 0 Å². The van der Waals surface area contributed by atoms with Crippen molar-refractivity contribution in [1.82, 2.24) is 10.2 Å². The molecule has 16 heavy (non-hydrogen) atoms. The molecule has 1 atom stereocenters. The van der Waals surface area contributed by atoms with Crippen LogP contribution in [0.3, 0.4) is 0 Å². The number of carbonyl (C=O) groups excluding carboxylic acids is 1. The molecule has 2 saturated heterocycles. The Kier molecular flexibility index (Phi) is 3.50. The summed E-state index contributed by atoms with van der Waals surface area (Å²) in [6.07, 6.45) is 3.10. The molecule has 1 amide bonds. The van der Waals surface area contributed by atoms with Crippen molar-refractivity contribution in [2.75, 3.05) is 26.2 Å². The van der Waals surface area contributed by atoms with Gasteiger partial charge in [0.2, 0.25) is 5.91 Å². The van der Waals surface area contributed by atoms with Gasteiger partial charge in [0.15, 0.2) is 0 Å². The van der Waals surface area contributed by atoms with E-state index in [4.69, 9.17) is 4.74 Å². The lowest BCUT2D eigenvalue weighted by Gasteiger charge is -2.31. The summed E-state index contributed by atoms with van der Waals surface area (Å²) >= 11 is 0. The fourth-order valence-electron chi connectivity index (χ4n) is 2.49. The van der Waals surface area contributed by atoms with Crippen molar-refractivity contribution < 1.29 is 9.53 Å². The van der Waals surface area contributed by atoms with Crippen molar-refractivity contribution in [3.05, 3.63) is 0 Å². The largest absolute Gasteiger partial charge is 0.376 e. The Labute approximate surface area is 97.3 Å². The topological polar surface area (TPSA) is 41.6 Å². The summed E-state index contributed by atoms with van der Waals surface area (Å²) in [6, 6.07) is 0. The molecule has 2 rings (SSSR count). The zero-order valence-corrected chi connectivity index (χ0v) is 10.3.